The summed E-state index contributed by atoms with van der Waals surface area (Å²) in [6, 6.07) is 8.04. The highest BCUT2D eigenvalue weighted by Gasteiger charge is 2.57. The van der Waals surface area contributed by atoms with Crippen molar-refractivity contribution in [2.75, 3.05) is 0 Å². The summed E-state index contributed by atoms with van der Waals surface area (Å²) in [6.07, 6.45) is -3.64. The zero-order chi connectivity index (χ0) is 20.0. The Hall–Kier alpha value is -1.69. The predicted octanol–water partition coefficient (Wildman–Crippen LogP) is 7.02. The van der Waals surface area contributed by atoms with E-state index in [-0.39, 0.29) is 39.0 Å². The molecule has 0 radical (unpaired) electrons. The van der Waals surface area contributed by atoms with Gasteiger partial charge in [0.2, 0.25) is 0 Å². The number of carbonyl (C=O) groups is 1. The van der Waals surface area contributed by atoms with Crippen molar-refractivity contribution >= 4 is 46.3 Å². The van der Waals surface area contributed by atoms with Crippen LogP contribution in [0.5, 0.6) is 0 Å². The van der Waals surface area contributed by atoms with Crippen molar-refractivity contribution in [3.05, 3.63) is 74.2 Å². The van der Waals surface area contributed by atoms with Gasteiger partial charge in [-0.15, -0.1) is 0 Å². The number of carboxylic acid groups (broad SMARTS) is 1. The van der Waals surface area contributed by atoms with E-state index in [2.05, 4.69) is 0 Å². The lowest BCUT2D eigenvalue weighted by Gasteiger charge is -2.33. The zero-order valence-electron chi connectivity index (χ0n) is 13.6. The minimum absolute atomic E-state index is 0.00740. The number of aromatic carboxylic acids is 1. The Morgan fingerprint density at radius 2 is 1.67 bits per heavy atom. The molecular formula is C19H12Cl3F3O2. The molecule has 1 unspecified atom stereocenters. The third kappa shape index (κ3) is 3.68. The smallest absolute Gasteiger partial charge is 0.399 e. The average Bonchev–Trinajstić information content (AvgIpc) is 3.00. The van der Waals surface area contributed by atoms with Crippen molar-refractivity contribution in [2.45, 2.75) is 24.4 Å². The van der Waals surface area contributed by atoms with Crippen molar-refractivity contribution in [3.8, 4) is 0 Å². The number of hydrogen-bond acceptors (Lipinski definition) is 1. The van der Waals surface area contributed by atoms with Gasteiger partial charge in [-0.05, 0) is 59.9 Å². The van der Waals surface area contributed by atoms with Gasteiger partial charge in [0.1, 0.15) is 0 Å². The van der Waals surface area contributed by atoms with E-state index < -0.39 is 17.6 Å². The fourth-order valence-electron chi connectivity index (χ4n) is 3.30. The Bertz CT molecular complexity index is 933. The van der Waals surface area contributed by atoms with Crippen molar-refractivity contribution in [1.82, 2.24) is 0 Å². The molecule has 0 heterocycles. The maximum atomic E-state index is 14.1. The van der Waals surface area contributed by atoms with E-state index in [0.717, 1.165) is 0 Å². The summed E-state index contributed by atoms with van der Waals surface area (Å²) in [4.78, 5) is 11.1. The lowest BCUT2D eigenvalue weighted by Crippen LogP contribution is -2.40. The van der Waals surface area contributed by atoms with Crippen molar-refractivity contribution < 1.29 is 23.1 Å². The first-order valence-electron chi connectivity index (χ1n) is 7.79. The summed E-state index contributed by atoms with van der Waals surface area (Å²) in [5.41, 5.74) is -1.39. The van der Waals surface area contributed by atoms with Crippen LogP contribution in [-0.2, 0) is 5.41 Å². The van der Waals surface area contributed by atoms with Gasteiger partial charge in [-0.3, -0.25) is 0 Å². The monoisotopic (exact) mass is 434 g/mol. The second-order valence-corrected chi connectivity index (χ2v) is 7.63. The molecule has 0 saturated heterocycles. The van der Waals surface area contributed by atoms with Crippen LogP contribution in [0.15, 0.2) is 42.5 Å². The normalized spacial score (nSPS) is 19.9. The van der Waals surface area contributed by atoms with Crippen LogP contribution in [-0.4, -0.2) is 17.3 Å². The van der Waals surface area contributed by atoms with Gasteiger partial charge >= 0.3 is 12.1 Å². The van der Waals surface area contributed by atoms with Crippen LogP contribution in [0, 0.1) is 0 Å². The lowest BCUT2D eigenvalue weighted by molar-refractivity contribution is -0.187. The molecule has 27 heavy (non-hydrogen) atoms. The van der Waals surface area contributed by atoms with E-state index in [1.54, 1.807) is 0 Å². The third-order valence-corrected chi connectivity index (χ3v) is 5.47. The van der Waals surface area contributed by atoms with E-state index >= 15 is 0 Å². The van der Waals surface area contributed by atoms with E-state index in [0.29, 0.717) is 11.1 Å². The zero-order valence-corrected chi connectivity index (χ0v) is 15.8. The molecule has 0 fully saturated rings. The van der Waals surface area contributed by atoms with Gasteiger partial charge in [0.25, 0.3) is 0 Å². The van der Waals surface area contributed by atoms with Gasteiger partial charge in [0, 0.05) is 10.0 Å². The number of halogens is 6. The highest BCUT2D eigenvalue weighted by atomic mass is 35.5. The molecule has 0 aromatic heterocycles. The lowest BCUT2D eigenvalue weighted by atomic mass is 9.76. The second-order valence-electron chi connectivity index (χ2n) is 6.35. The first-order chi connectivity index (χ1) is 12.5. The first kappa shape index (κ1) is 20.1. The molecule has 1 N–H and O–H groups in total. The van der Waals surface area contributed by atoms with Crippen LogP contribution < -0.4 is 0 Å². The number of allylic oxidation sites excluding steroid dienone is 2. The summed E-state index contributed by atoms with van der Waals surface area (Å²) in [6.45, 7) is 0. The summed E-state index contributed by atoms with van der Waals surface area (Å²) in [7, 11) is 0. The summed E-state index contributed by atoms with van der Waals surface area (Å²) in [5, 5.41) is 9.26. The standard InChI is InChI=1S/C19H12Cl3F3O2/c20-13-6-12(7-14(21)8-13)18(19(23,24)25)4-3-11(9-18)10-1-2-15(17(26)27)16(22)5-10/h1-3,5-8H,4,9H2,(H,26,27). The predicted molar refractivity (Wildman–Crippen MR) is 99.8 cm³/mol. The van der Waals surface area contributed by atoms with Crippen molar-refractivity contribution in [1.29, 1.82) is 0 Å². The number of carboxylic acids is 1. The van der Waals surface area contributed by atoms with Gasteiger partial charge in [-0.25, -0.2) is 4.79 Å². The Balaban J connectivity index is 2.02. The van der Waals surface area contributed by atoms with Crippen LogP contribution in [0.25, 0.3) is 5.57 Å². The minimum atomic E-state index is -4.54. The van der Waals surface area contributed by atoms with Gasteiger partial charge in [-0.2, -0.15) is 13.2 Å². The molecule has 2 aromatic carbocycles. The Labute approximate surface area is 168 Å². The van der Waals surface area contributed by atoms with Crippen LogP contribution in [0.2, 0.25) is 15.1 Å². The Morgan fingerprint density at radius 1 is 1.04 bits per heavy atom. The topological polar surface area (TPSA) is 37.3 Å². The van der Waals surface area contributed by atoms with E-state index in [1.807, 2.05) is 0 Å². The average molecular weight is 436 g/mol. The number of hydrogen-bond donors (Lipinski definition) is 1. The number of alkyl halides is 3. The molecule has 1 aliphatic rings. The summed E-state index contributed by atoms with van der Waals surface area (Å²) in [5.74, 6) is -1.20. The van der Waals surface area contributed by atoms with Gasteiger partial charge in [-0.1, -0.05) is 46.9 Å². The molecule has 0 spiro atoms. The van der Waals surface area contributed by atoms with E-state index in [9.17, 15) is 18.0 Å². The second kappa shape index (κ2) is 7.04. The molecule has 3 rings (SSSR count). The molecule has 142 valence electrons. The van der Waals surface area contributed by atoms with Crippen molar-refractivity contribution in [2.24, 2.45) is 0 Å². The first-order valence-corrected chi connectivity index (χ1v) is 8.92. The quantitative estimate of drug-likeness (QED) is 0.562. The molecule has 0 saturated carbocycles. The Morgan fingerprint density at radius 3 is 2.19 bits per heavy atom. The minimum Gasteiger partial charge on any atom is -0.478 e. The highest BCUT2D eigenvalue weighted by molar-refractivity contribution is 6.34. The van der Waals surface area contributed by atoms with E-state index in [1.165, 1.54) is 42.5 Å². The molecule has 0 amide bonds. The van der Waals surface area contributed by atoms with Crippen LogP contribution >= 0.6 is 34.8 Å². The molecule has 1 aliphatic carbocycles. The van der Waals surface area contributed by atoms with Gasteiger partial charge < -0.3 is 5.11 Å². The number of rotatable bonds is 3. The molecule has 2 nitrogen and oxygen atoms in total. The van der Waals surface area contributed by atoms with Gasteiger partial charge in [0.05, 0.1) is 16.0 Å². The van der Waals surface area contributed by atoms with Gasteiger partial charge in [0.15, 0.2) is 0 Å². The summed E-state index contributed by atoms with van der Waals surface area (Å²) >= 11 is 17.8. The molecule has 1 atom stereocenters. The fraction of sp³-hybridized carbons (Fsp3) is 0.211. The summed E-state index contributed by atoms with van der Waals surface area (Å²) < 4.78 is 42.2. The van der Waals surface area contributed by atoms with E-state index in [4.69, 9.17) is 39.9 Å². The Kier molecular flexibility index (Phi) is 5.23. The maximum absolute atomic E-state index is 14.1. The van der Waals surface area contributed by atoms with Crippen LogP contribution in [0.4, 0.5) is 13.2 Å². The fourth-order valence-corrected chi connectivity index (χ4v) is 4.09. The molecular weight excluding hydrogens is 424 g/mol. The largest absolute Gasteiger partial charge is 0.478 e. The molecule has 2 aromatic rings. The molecule has 0 bridgehead atoms. The highest BCUT2D eigenvalue weighted by Crippen LogP contribution is 2.54. The van der Waals surface area contributed by atoms with Crippen LogP contribution in [0.1, 0.15) is 34.3 Å². The van der Waals surface area contributed by atoms with Crippen LogP contribution in [0.3, 0.4) is 0 Å². The molecule has 0 aliphatic heterocycles. The SMILES string of the molecule is O=C(O)c1ccc(C2=CCC(c3cc(Cl)cc(Cl)c3)(C(F)(F)F)C2)cc1Cl. The third-order valence-electron chi connectivity index (χ3n) is 4.72. The number of benzene rings is 2. The van der Waals surface area contributed by atoms with Crippen molar-refractivity contribution in [3.63, 3.8) is 0 Å². The maximum Gasteiger partial charge on any atom is 0.399 e. The molecule has 8 heteroatoms.